The van der Waals surface area contributed by atoms with Gasteiger partial charge in [0.05, 0.1) is 0 Å². The van der Waals surface area contributed by atoms with Gasteiger partial charge < -0.3 is 10.2 Å². The Hall–Kier alpha value is -0.590. The molecule has 0 aliphatic rings. The second-order valence-corrected chi connectivity index (χ2v) is 2.56. The molecule has 0 saturated carbocycles. The summed E-state index contributed by atoms with van der Waals surface area (Å²) in [5.41, 5.74) is -0.983. The first-order valence-corrected chi connectivity index (χ1v) is 3.31. The van der Waals surface area contributed by atoms with E-state index in [4.69, 9.17) is 11.7 Å². The van der Waals surface area contributed by atoms with Crippen molar-refractivity contribution in [1.82, 2.24) is 0 Å². The minimum absolute atomic E-state index is 0.211. The largest absolute Gasteiger partial charge is 0.388 e. The van der Waals surface area contributed by atoms with E-state index in [1.807, 2.05) is 6.92 Å². The van der Waals surface area contributed by atoms with E-state index in [2.05, 4.69) is 4.85 Å². The summed E-state index contributed by atoms with van der Waals surface area (Å²) in [5.74, 6) is 0. The summed E-state index contributed by atoms with van der Waals surface area (Å²) in [6.07, 6.45) is 0.527. The van der Waals surface area contributed by atoms with E-state index in [1.165, 1.54) is 0 Å². The van der Waals surface area contributed by atoms with Crippen LogP contribution in [0.1, 0.15) is 20.3 Å². The van der Waals surface area contributed by atoms with Gasteiger partial charge in [0.15, 0.2) is 0 Å². The molecule has 10 heavy (non-hydrogen) atoms. The molecule has 0 aromatic carbocycles. The monoisotopic (exact) mass is 144 g/mol. The van der Waals surface area contributed by atoms with Gasteiger partial charge in [-0.15, -0.1) is 0 Å². The predicted octanol–water partition coefficient (Wildman–Crippen LogP) is 0.471. The number of rotatable bonds is 3. The molecule has 0 aliphatic heterocycles. The van der Waals surface area contributed by atoms with Crippen LogP contribution in [0.3, 0.4) is 0 Å². The van der Waals surface area contributed by atoms with E-state index in [0.29, 0.717) is 6.42 Å². The van der Waals surface area contributed by atoms with Crippen molar-refractivity contribution < 1.29 is 10.2 Å². The molecule has 0 aliphatic carbocycles. The molecule has 0 saturated heterocycles. The van der Waals surface area contributed by atoms with Gasteiger partial charge >= 0.3 is 6.04 Å². The average Bonchev–Trinajstić information content (AvgIpc) is 1.90. The second kappa shape index (κ2) is 3.55. The molecule has 0 fully saturated rings. The third kappa shape index (κ3) is 1.98. The van der Waals surface area contributed by atoms with Crippen molar-refractivity contribution in [3.8, 4) is 6.57 Å². The Labute approximate surface area is 61.1 Å². The number of hydrogen-bond acceptors (Lipinski definition) is 2. The van der Waals surface area contributed by atoms with Crippen molar-refractivity contribution in [2.75, 3.05) is 6.61 Å². The number of aliphatic hydroxyl groups excluding tert-OH is 1. The lowest BCUT2D eigenvalue weighted by molar-refractivity contribution is 0.0230. The van der Waals surface area contributed by atoms with Crippen LogP contribution >= 0.6 is 0 Å². The molecule has 2 atom stereocenters. The van der Waals surface area contributed by atoms with Gasteiger partial charge in [0.2, 0.25) is 0 Å². The molecule has 3 nitrogen and oxygen atoms in total. The number of nitrogens with zero attached hydrogens (tertiary/aromatic N) is 1. The van der Waals surface area contributed by atoms with Crippen LogP contribution in [0.4, 0.5) is 0 Å². The molecule has 0 radical (unpaired) electrons. The highest BCUT2D eigenvalue weighted by Crippen LogP contribution is 2.16. The van der Waals surface area contributed by atoms with Crippen LogP contribution in [0.25, 0.3) is 4.85 Å². The Morgan fingerprint density at radius 2 is 2.20 bits per heavy atom. The van der Waals surface area contributed by atoms with Crippen LogP contribution in [-0.4, -0.2) is 28.5 Å². The lowest BCUT2D eigenvalue weighted by Crippen LogP contribution is -2.38. The molecule has 0 rings (SSSR count). The molecule has 2 unspecified atom stereocenters. The fourth-order valence-electron chi connectivity index (χ4n) is 0.640. The first-order valence-electron chi connectivity index (χ1n) is 3.31. The zero-order chi connectivity index (χ0) is 8.20. The highest BCUT2D eigenvalue weighted by molar-refractivity contribution is 4.96. The molecule has 0 aromatic heterocycles. The first kappa shape index (κ1) is 9.41. The normalized spacial score (nSPS) is 19.1. The molecule has 0 amide bonds. The quantitative estimate of drug-likeness (QED) is 0.604. The Morgan fingerprint density at radius 1 is 1.70 bits per heavy atom. The Balaban J connectivity index is 4.15. The Bertz CT molecular complexity index is 137. The summed E-state index contributed by atoms with van der Waals surface area (Å²) in [4.78, 5) is 3.35. The highest BCUT2D eigenvalue weighted by Gasteiger charge is 2.37. The van der Waals surface area contributed by atoms with Crippen molar-refractivity contribution in [3.05, 3.63) is 4.85 Å². The molecular formula is C7H14NO2+. The smallest absolute Gasteiger partial charge is 0.322 e. The summed E-state index contributed by atoms with van der Waals surface area (Å²) >= 11 is 0. The summed E-state index contributed by atoms with van der Waals surface area (Å²) in [5, 5.41) is 18.1. The van der Waals surface area contributed by atoms with E-state index in [9.17, 15) is 5.11 Å². The third-order valence-corrected chi connectivity index (χ3v) is 1.79. The van der Waals surface area contributed by atoms with Gasteiger partial charge in [-0.25, -0.2) is 0 Å². The highest BCUT2D eigenvalue weighted by atomic mass is 16.3. The Kier molecular flexibility index (Phi) is 3.34. The van der Waals surface area contributed by atoms with E-state index >= 15 is 0 Å². The lowest BCUT2D eigenvalue weighted by Gasteiger charge is -2.18. The van der Waals surface area contributed by atoms with Gasteiger partial charge in [0, 0.05) is 0 Å². The van der Waals surface area contributed by atoms with Crippen molar-refractivity contribution in [2.24, 2.45) is 0 Å². The van der Waals surface area contributed by atoms with Gasteiger partial charge in [-0.2, -0.15) is 0 Å². The van der Waals surface area contributed by atoms with Crippen LogP contribution in [0.15, 0.2) is 0 Å². The average molecular weight is 144 g/mol. The molecule has 58 valence electrons. The molecule has 0 spiro atoms. The zero-order valence-corrected chi connectivity index (χ0v) is 6.41. The van der Waals surface area contributed by atoms with Gasteiger partial charge in [0.25, 0.3) is 6.57 Å². The van der Waals surface area contributed by atoms with Gasteiger partial charge in [0.1, 0.15) is 12.2 Å². The molecule has 3 heteroatoms. The van der Waals surface area contributed by atoms with Crippen LogP contribution in [0, 0.1) is 6.57 Å². The molecule has 0 heterocycles. The van der Waals surface area contributed by atoms with Crippen molar-refractivity contribution in [2.45, 2.75) is 31.9 Å². The Morgan fingerprint density at radius 3 is 2.30 bits per heavy atom. The SMILES string of the molecule is C#[N+]C(CO)C(C)(O)CC. The fourth-order valence-corrected chi connectivity index (χ4v) is 0.640. The maximum Gasteiger partial charge on any atom is 0.322 e. The van der Waals surface area contributed by atoms with Crippen LogP contribution in [0.5, 0.6) is 0 Å². The van der Waals surface area contributed by atoms with Gasteiger partial charge in [-0.3, -0.25) is 0 Å². The fraction of sp³-hybridized carbons (Fsp3) is 0.857. The minimum Gasteiger partial charge on any atom is -0.388 e. The summed E-state index contributed by atoms with van der Waals surface area (Å²) in [7, 11) is 0. The van der Waals surface area contributed by atoms with Crippen LogP contribution in [-0.2, 0) is 0 Å². The summed E-state index contributed by atoms with van der Waals surface area (Å²) in [6, 6.07) is -0.572. The third-order valence-electron chi connectivity index (χ3n) is 1.79. The van der Waals surface area contributed by atoms with E-state index in [-0.39, 0.29) is 6.61 Å². The first-order chi connectivity index (χ1) is 4.58. The van der Waals surface area contributed by atoms with E-state index < -0.39 is 11.6 Å². The van der Waals surface area contributed by atoms with E-state index in [1.54, 1.807) is 6.92 Å². The standard InChI is InChI=1S/C7H14NO2/c1-4-7(2,10)6(5-9)8-3/h3,6,9-10H,4-5H2,1-2H3/q+1. The van der Waals surface area contributed by atoms with Gasteiger partial charge in [-0.1, -0.05) is 11.8 Å². The predicted molar refractivity (Wildman–Crippen MR) is 40.1 cm³/mol. The van der Waals surface area contributed by atoms with Crippen molar-refractivity contribution in [1.29, 1.82) is 0 Å². The number of aliphatic hydroxyl groups is 2. The van der Waals surface area contributed by atoms with Crippen molar-refractivity contribution in [3.63, 3.8) is 0 Å². The molecular weight excluding hydrogens is 130 g/mol. The van der Waals surface area contributed by atoms with E-state index in [0.717, 1.165) is 0 Å². The molecule has 2 N–H and O–H groups in total. The lowest BCUT2D eigenvalue weighted by atomic mass is 9.95. The zero-order valence-electron chi connectivity index (χ0n) is 6.41. The summed E-state index contributed by atoms with van der Waals surface area (Å²) in [6.45, 7) is 8.15. The number of hydrogen-bond donors (Lipinski definition) is 2. The molecule has 0 bridgehead atoms. The summed E-state index contributed by atoms with van der Waals surface area (Å²) < 4.78 is 0. The maximum absolute atomic E-state index is 9.45. The molecule has 0 aromatic rings. The minimum atomic E-state index is -0.983. The van der Waals surface area contributed by atoms with Crippen molar-refractivity contribution >= 4 is 0 Å². The van der Waals surface area contributed by atoms with Crippen LogP contribution < -0.4 is 0 Å². The topological polar surface area (TPSA) is 44.8 Å². The van der Waals surface area contributed by atoms with Gasteiger partial charge in [-0.05, 0) is 13.3 Å². The maximum atomic E-state index is 9.45. The van der Waals surface area contributed by atoms with Crippen LogP contribution in [0.2, 0.25) is 0 Å². The second-order valence-electron chi connectivity index (χ2n) is 2.56.